The predicted molar refractivity (Wildman–Crippen MR) is 88.6 cm³/mol. The molecule has 0 unspecified atom stereocenters. The fourth-order valence-electron chi connectivity index (χ4n) is 3.45. The first-order chi connectivity index (χ1) is 11.5. The van der Waals surface area contributed by atoms with Gasteiger partial charge in [0.15, 0.2) is 0 Å². The summed E-state index contributed by atoms with van der Waals surface area (Å²) in [6.45, 7) is 7.42. The summed E-state index contributed by atoms with van der Waals surface area (Å²) in [5, 5.41) is 13.7. The second-order valence-corrected chi connectivity index (χ2v) is 6.54. The van der Waals surface area contributed by atoms with Crippen molar-refractivity contribution in [3.05, 3.63) is 46.8 Å². The van der Waals surface area contributed by atoms with Gasteiger partial charge in [-0.15, -0.1) is 0 Å². The van der Waals surface area contributed by atoms with Crippen LogP contribution in [0.4, 0.5) is 4.39 Å². The SMILES string of the molecule is Cc1nc(C)n(C[C@@H]2CCCN(Cc3ccc(F)cc3C#N)C2)n1. The van der Waals surface area contributed by atoms with Crippen LogP contribution in [0.15, 0.2) is 18.2 Å². The van der Waals surface area contributed by atoms with Crippen molar-refractivity contribution in [3.8, 4) is 6.07 Å². The van der Waals surface area contributed by atoms with E-state index >= 15 is 0 Å². The zero-order valence-corrected chi connectivity index (χ0v) is 14.2. The predicted octanol–water partition coefficient (Wildman–Crippen LogP) is 2.82. The van der Waals surface area contributed by atoms with Crippen molar-refractivity contribution in [1.29, 1.82) is 5.26 Å². The van der Waals surface area contributed by atoms with Gasteiger partial charge in [0.05, 0.1) is 11.6 Å². The summed E-state index contributed by atoms with van der Waals surface area (Å²) in [6, 6.07) is 6.57. The Labute approximate surface area is 141 Å². The van der Waals surface area contributed by atoms with Gasteiger partial charge >= 0.3 is 0 Å². The number of likely N-dealkylation sites (tertiary alicyclic amines) is 1. The Morgan fingerprint density at radius 3 is 2.92 bits per heavy atom. The van der Waals surface area contributed by atoms with Crippen molar-refractivity contribution < 1.29 is 4.39 Å². The van der Waals surface area contributed by atoms with Crippen LogP contribution in [-0.4, -0.2) is 32.8 Å². The minimum atomic E-state index is -0.358. The number of rotatable bonds is 4. The number of aryl methyl sites for hydroxylation is 2. The third-order valence-electron chi connectivity index (χ3n) is 4.58. The molecule has 1 aliphatic rings. The number of nitrogens with zero attached hydrogens (tertiary/aromatic N) is 5. The molecule has 1 aromatic heterocycles. The molecule has 0 amide bonds. The van der Waals surface area contributed by atoms with Gasteiger partial charge in [-0.2, -0.15) is 10.4 Å². The number of benzene rings is 1. The number of aromatic nitrogens is 3. The summed E-state index contributed by atoms with van der Waals surface area (Å²) in [6.07, 6.45) is 2.30. The second kappa shape index (κ2) is 7.10. The fourth-order valence-corrected chi connectivity index (χ4v) is 3.45. The van der Waals surface area contributed by atoms with Gasteiger partial charge in [-0.3, -0.25) is 4.90 Å². The Morgan fingerprint density at radius 1 is 1.38 bits per heavy atom. The quantitative estimate of drug-likeness (QED) is 0.866. The summed E-state index contributed by atoms with van der Waals surface area (Å²) < 4.78 is 15.3. The molecule has 5 nitrogen and oxygen atoms in total. The van der Waals surface area contributed by atoms with Crippen molar-refractivity contribution in [1.82, 2.24) is 19.7 Å². The van der Waals surface area contributed by atoms with E-state index in [9.17, 15) is 9.65 Å². The average molecular weight is 327 g/mol. The van der Waals surface area contributed by atoms with Crippen molar-refractivity contribution >= 4 is 0 Å². The molecule has 0 saturated carbocycles. The zero-order valence-electron chi connectivity index (χ0n) is 14.2. The highest BCUT2D eigenvalue weighted by atomic mass is 19.1. The lowest BCUT2D eigenvalue weighted by Gasteiger charge is -2.33. The summed E-state index contributed by atoms with van der Waals surface area (Å²) in [5.74, 6) is 1.92. The molecule has 0 N–H and O–H groups in total. The molecule has 1 saturated heterocycles. The molecule has 3 rings (SSSR count). The van der Waals surface area contributed by atoms with Gasteiger partial charge in [0.1, 0.15) is 17.5 Å². The topological polar surface area (TPSA) is 57.7 Å². The van der Waals surface area contributed by atoms with Crippen LogP contribution in [0.25, 0.3) is 0 Å². The molecule has 24 heavy (non-hydrogen) atoms. The van der Waals surface area contributed by atoms with Gasteiger partial charge in [-0.05, 0) is 56.8 Å². The van der Waals surface area contributed by atoms with Crippen molar-refractivity contribution in [2.24, 2.45) is 5.92 Å². The molecule has 0 radical (unpaired) electrons. The van der Waals surface area contributed by atoms with Crippen LogP contribution in [0.1, 0.15) is 35.6 Å². The van der Waals surface area contributed by atoms with Crippen LogP contribution in [-0.2, 0) is 13.1 Å². The maximum absolute atomic E-state index is 13.3. The zero-order chi connectivity index (χ0) is 17.1. The van der Waals surface area contributed by atoms with Gasteiger partial charge < -0.3 is 0 Å². The Balaban J connectivity index is 1.66. The average Bonchev–Trinajstić information content (AvgIpc) is 2.87. The minimum absolute atomic E-state index is 0.358. The van der Waals surface area contributed by atoms with E-state index in [1.54, 1.807) is 6.07 Å². The van der Waals surface area contributed by atoms with Gasteiger partial charge in [-0.25, -0.2) is 14.1 Å². The van der Waals surface area contributed by atoms with Crippen molar-refractivity contribution in [3.63, 3.8) is 0 Å². The molecular formula is C18H22FN5. The Bertz CT molecular complexity index is 761. The monoisotopic (exact) mass is 327 g/mol. The van der Waals surface area contributed by atoms with Gasteiger partial charge in [0, 0.05) is 19.6 Å². The number of hydrogen-bond donors (Lipinski definition) is 0. The first-order valence-corrected chi connectivity index (χ1v) is 8.34. The fraction of sp³-hybridized carbons (Fsp3) is 0.500. The maximum Gasteiger partial charge on any atom is 0.147 e. The molecule has 6 heteroatoms. The van der Waals surface area contributed by atoms with Gasteiger partial charge in [0.2, 0.25) is 0 Å². The molecular weight excluding hydrogens is 305 g/mol. The van der Waals surface area contributed by atoms with Crippen LogP contribution < -0.4 is 0 Å². The number of halogens is 1. The molecule has 126 valence electrons. The molecule has 1 fully saturated rings. The van der Waals surface area contributed by atoms with Crippen LogP contribution in [0.5, 0.6) is 0 Å². The normalized spacial score (nSPS) is 18.5. The van der Waals surface area contributed by atoms with E-state index in [-0.39, 0.29) is 5.82 Å². The van der Waals surface area contributed by atoms with Crippen LogP contribution in [0.2, 0.25) is 0 Å². The standard InChI is InChI=1S/C18H22FN5/c1-13-21-14(2)24(22-13)11-15-4-3-7-23(10-15)12-16-5-6-18(19)8-17(16)9-20/h5-6,8,15H,3-4,7,10-12H2,1-2H3/t15-/m1/s1. The largest absolute Gasteiger partial charge is 0.299 e. The van der Waals surface area contributed by atoms with E-state index in [0.29, 0.717) is 18.0 Å². The third kappa shape index (κ3) is 3.80. The summed E-state index contributed by atoms with van der Waals surface area (Å²) >= 11 is 0. The molecule has 0 bridgehead atoms. The van der Waals surface area contributed by atoms with Crippen LogP contribution in [0, 0.1) is 36.9 Å². The number of piperidine rings is 1. The van der Waals surface area contributed by atoms with E-state index < -0.39 is 0 Å². The Kier molecular flexibility index (Phi) is 4.91. The van der Waals surface area contributed by atoms with Gasteiger partial charge in [0.25, 0.3) is 0 Å². The van der Waals surface area contributed by atoms with E-state index in [1.165, 1.54) is 18.6 Å². The summed E-state index contributed by atoms with van der Waals surface area (Å²) in [4.78, 5) is 6.71. The Hall–Kier alpha value is -2.26. The first-order valence-electron chi connectivity index (χ1n) is 8.34. The Morgan fingerprint density at radius 2 is 2.21 bits per heavy atom. The lowest BCUT2D eigenvalue weighted by atomic mass is 9.97. The molecule has 1 aromatic carbocycles. The molecule has 2 aromatic rings. The summed E-state index contributed by atoms with van der Waals surface area (Å²) in [7, 11) is 0. The maximum atomic E-state index is 13.3. The van der Waals surface area contributed by atoms with E-state index in [0.717, 1.165) is 43.3 Å². The highest BCUT2D eigenvalue weighted by Crippen LogP contribution is 2.22. The number of hydrogen-bond acceptors (Lipinski definition) is 4. The van der Waals surface area contributed by atoms with Crippen LogP contribution in [0.3, 0.4) is 0 Å². The van der Waals surface area contributed by atoms with E-state index in [2.05, 4.69) is 21.1 Å². The van der Waals surface area contributed by atoms with E-state index in [1.807, 2.05) is 18.5 Å². The highest BCUT2D eigenvalue weighted by Gasteiger charge is 2.22. The van der Waals surface area contributed by atoms with Crippen LogP contribution >= 0.6 is 0 Å². The van der Waals surface area contributed by atoms with Gasteiger partial charge in [-0.1, -0.05) is 6.07 Å². The van der Waals surface area contributed by atoms with Crippen molar-refractivity contribution in [2.45, 2.75) is 39.8 Å². The molecule has 1 aliphatic heterocycles. The number of nitriles is 1. The minimum Gasteiger partial charge on any atom is -0.299 e. The lowest BCUT2D eigenvalue weighted by molar-refractivity contribution is 0.152. The second-order valence-electron chi connectivity index (χ2n) is 6.54. The summed E-state index contributed by atoms with van der Waals surface area (Å²) in [5.41, 5.74) is 1.33. The van der Waals surface area contributed by atoms with Crippen molar-refractivity contribution in [2.75, 3.05) is 13.1 Å². The van der Waals surface area contributed by atoms with E-state index in [4.69, 9.17) is 0 Å². The third-order valence-corrected chi connectivity index (χ3v) is 4.58. The molecule has 2 heterocycles. The molecule has 0 aliphatic carbocycles. The lowest BCUT2D eigenvalue weighted by Crippen LogP contribution is -2.37. The molecule has 1 atom stereocenters. The smallest absolute Gasteiger partial charge is 0.147 e. The first kappa shape index (κ1) is 16.6. The highest BCUT2D eigenvalue weighted by molar-refractivity contribution is 5.37. The molecule has 0 spiro atoms.